The molecule has 21 heavy (non-hydrogen) atoms. The van der Waals surface area contributed by atoms with Crippen molar-refractivity contribution >= 4 is 5.91 Å². The third-order valence-electron chi connectivity index (χ3n) is 2.90. The average molecular weight is 282 g/mol. The Kier molecular flexibility index (Phi) is 4.91. The van der Waals surface area contributed by atoms with E-state index in [4.69, 9.17) is 15.2 Å². The second-order valence-electron chi connectivity index (χ2n) is 4.35. The topological polar surface area (TPSA) is 82.3 Å². The monoisotopic (exact) mass is 282 g/mol. The number of hydrogen-bond acceptors (Lipinski definition) is 4. The lowest BCUT2D eigenvalue weighted by atomic mass is 10.0. The number of benzene rings is 2. The molecule has 0 aromatic heterocycles. The van der Waals surface area contributed by atoms with E-state index in [0.29, 0.717) is 11.3 Å². The molecule has 0 aliphatic carbocycles. The molecule has 2 rings (SSSR count). The molecule has 0 spiro atoms. The van der Waals surface area contributed by atoms with Gasteiger partial charge in [-0.15, -0.1) is 0 Å². The Balaban J connectivity index is 2.01. The van der Waals surface area contributed by atoms with Gasteiger partial charge in [-0.1, -0.05) is 24.3 Å². The molecule has 0 heterocycles. The number of rotatable bonds is 5. The minimum atomic E-state index is -0.486. The number of carbonyl (C=O) groups is 1. The van der Waals surface area contributed by atoms with Gasteiger partial charge in [-0.3, -0.25) is 10.0 Å². The van der Waals surface area contributed by atoms with E-state index in [9.17, 15) is 4.79 Å². The Bertz CT molecular complexity index is 660. The summed E-state index contributed by atoms with van der Waals surface area (Å²) in [4.78, 5) is 10.8. The van der Waals surface area contributed by atoms with E-state index in [2.05, 4.69) is 6.07 Å². The zero-order chi connectivity index (χ0) is 15.1. The first-order valence-electron chi connectivity index (χ1n) is 6.39. The summed E-state index contributed by atoms with van der Waals surface area (Å²) in [7, 11) is 0. The summed E-state index contributed by atoms with van der Waals surface area (Å²) in [5.74, 6) is 0.154. The van der Waals surface area contributed by atoms with Gasteiger partial charge in [0.05, 0.1) is 24.7 Å². The van der Waals surface area contributed by atoms with Crippen LogP contribution in [0.3, 0.4) is 0 Å². The van der Waals surface area contributed by atoms with Crippen LogP contribution in [0.15, 0.2) is 48.5 Å². The molecular formula is C16H14N2O3. The predicted molar refractivity (Wildman–Crippen MR) is 76.6 cm³/mol. The second-order valence-corrected chi connectivity index (χ2v) is 4.35. The van der Waals surface area contributed by atoms with E-state index in [-0.39, 0.29) is 13.0 Å². The highest BCUT2D eigenvalue weighted by atomic mass is 16.5. The zero-order valence-electron chi connectivity index (χ0n) is 11.2. The summed E-state index contributed by atoms with van der Waals surface area (Å²) in [6.07, 6.45) is 0.0858. The maximum Gasteiger partial charge on any atom is 0.246 e. The lowest BCUT2D eigenvalue weighted by molar-refractivity contribution is -0.129. The number of amides is 1. The van der Waals surface area contributed by atoms with Gasteiger partial charge in [0.2, 0.25) is 5.91 Å². The zero-order valence-corrected chi connectivity index (χ0v) is 11.2. The number of ether oxygens (including phenoxy) is 1. The van der Waals surface area contributed by atoms with Gasteiger partial charge < -0.3 is 4.74 Å². The highest BCUT2D eigenvalue weighted by molar-refractivity contribution is 5.74. The summed E-state index contributed by atoms with van der Waals surface area (Å²) in [5, 5.41) is 17.3. The Morgan fingerprint density at radius 1 is 1.19 bits per heavy atom. The summed E-state index contributed by atoms with van der Waals surface area (Å²) in [6.45, 7) is 0.190. The SMILES string of the molecule is N#Cc1cccc(-c2ccc(OCCC(=O)NO)cc2)c1. The lowest BCUT2D eigenvalue weighted by Gasteiger charge is -2.07. The molecule has 0 aliphatic rings. The van der Waals surface area contributed by atoms with Crippen LogP contribution in [0.5, 0.6) is 5.75 Å². The number of hydrogen-bond donors (Lipinski definition) is 2. The van der Waals surface area contributed by atoms with Gasteiger partial charge in [0.15, 0.2) is 0 Å². The van der Waals surface area contributed by atoms with Crippen LogP contribution in [0.2, 0.25) is 0 Å². The molecule has 0 aliphatic heterocycles. The molecule has 5 nitrogen and oxygen atoms in total. The van der Waals surface area contributed by atoms with Crippen molar-refractivity contribution < 1.29 is 14.7 Å². The summed E-state index contributed by atoms with van der Waals surface area (Å²) < 4.78 is 5.39. The molecule has 1 amide bonds. The lowest BCUT2D eigenvalue weighted by Crippen LogP contribution is -2.20. The molecule has 0 saturated heterocycles. The average Bonchev–Trinajstić information content (AvgIpc) is 2.55. The minimum Gasteiger partial charge on any atom is -0.493 e. The molecule has 106 valence electrons. The summed E-state index contributed by atoms with van der Waals surface area (Å²) in [6, 6.07) is 16.8. The Morgan fingerprint density at radius 3 is 2.62 bits per heavy atom. The fraction of sp³-hybridized carbons (Fsp3) is 0.125. The van der Waals surface area contributed by atoms with E-state index in [1.54, 1.807) is 23.7 Å². The molecule has 0 saturated carbocycles. The highest BCUT2D eigenvalue weighted by Crippen LogP contribution is 2.23. The van der Waals surface area contributed by atoms with Crippen molar-refractivity contribution in [3.63, 3.8) is 0 Å². The van der Waals surface area contributed by atoms with Gasteiger partial charge in [-0.25, -0.2) is 5.48 Å². The van der Waals surface area contributed by atoms with Crippen LogP contribution in [0.25, 0.3) is 11.1 Å². The van der Waals surface area contributed by atoms with Gasteiger partial charge in [0.25, 0.3) is 0 Å². The Labute approximate surface area is 122 Å². The summed E-state index contributed by atoms with van der Waals surface area (Å²) >= 11 is 0. The van der Waals surface area contributed by atoms with Crippen molar-refractivity contribution in [1.82, 2.24) is 5.48 Å². The molecule has 0 atom stereocenters. The largest absolute Gasteiger partial charge is 0.493 e. The van der Waals surface area contributed by atoms with E-state index < -0.39 is 5.91 Å². The number of nitrogens with zero attached hydrogens (tertiary/aromatic N) is 1. The number of hydroxylamine groups is 1. The maximum atomic E-state index is 10.8. The molecule has 2 aromatic carbocycles. The van der Waals surface area contributed by atoms with E-state index in [1.165, 1.54) is 0 Å². The normalized spacial score (nSPS) is 9.71. The first kappa shape index (κ1) is 14.6. The molecule has 0 fully saturated rings. The molecule has 0 unspecified atom stereocenters. The van der Waals surface area contributed by atoms with Crippen molar-refractivity contribution in [3.05, 3.63) is 54.1 Å². The highest BCUT2D eigenvalue weighted by Gasteiger charge is 2.02. The van der Waals surface area contributed by atoms with Crippen molar-refractivity contribution in [2.24, 2.45) is 0 Å². The van der Waals surface area contributed by atoms with E-state index in [0.717, 1.165) is 11.1 Å². The third kappa shape index (κ3) is 4.06. The molecule has 2 N–H and O–H groups in total. The van der Waals surface area contributed by atoms with E-state index >= 15 is 0 Å². The van der Waals surface area contributed by atoms with Crippen molar-refractivity contribution in [1.29, 1.82) is 5.26 Å². The molecule has 0 radical (unpaired) electrons. The van der Waals surface area contributed by atoms with Crippen molar-refractivity contribution in [3.8, 4) is 22.9 Å². The van der Waals surface area contributed by atoms with Gasteiger partial charge >= 0.3 is 0 Å². The van der Waals surface area contributed by atoms with Gasteiger partial charge in [0, 0.05) is 0 Å². The first-order chi connectivity index (χ1) is 10.2. The van der Waals surface area contributed by atoms with Crippen LogP contribution in [-0.2, 0) is 4.79 Å². The van der Waals surface area contributed by atoms with E-state index in [1.807, 2.05) is 30.3 Å². The standard InChI is InChI=1S/C16H14N2O3/c17-11-12-2-1-3-14(10-12)13-4-6-15(7-5-13)21-9-8-16(19)18-20/h1-7,10,20H,8-9H2,(H,18,19). The molecule has 2 aromatic rings. The second kappa shape index (κ2) is 7.08. The van der Waals surface area contributed by atoms with Crippen LogP contribution in [0.4, 0.5) is 0 Å². The minimum absolute atomic E-state index is 0.0858. The number of carbonyl (C=O) groups excluding carboxylic acids is 1. The van der Waals surface area contributed by atoms with Crippen molar-refractivity contribution in [2.45, 2.75) is 6.42 Å². The van der Waals surface area contributed by atoms with Crippen LogP contribution in [0, 0.1) is 11.3 Å². The number of nitrogens with one attached hydrogen (secondary N) is 1. The van der Waals surface area contributed by atoms with Gasteiger partial charge in [-0.05, 0) is 35.4 Å². The molecular weight excluding hydrogens is 268 g/mol. The molecule has 0 bridgehead atoms. The Morgan fingerprint density at radius 2 is 1.95 bits per heavy atom. The van der Waals surface area contributed by atoms with Crippen LogP contribution >= 0.6 is 0 Å². The number of nitriles is 1. The van der Waals surface area contributed by atoms with Crippen LogP contribution in [0.1, 0.15) is 12.0 Å². The fourth-order valence-electron chi connectivity index (χ4n) is 1.83. The smallest absolute Gasteiger partial charge is 0.246 e. The maximum absolute atomic E-state index is 10.8. The third-order valence-corrected chi connectivity index (χ3v) is 2.90. The quantitative estimate of drug-likeness (QED) is 0.652. The van der Waals surface area contributed by atoms with Crippen LogP contribution in [-0.4, -0.2) is 17.7 Å². The van der Waals surface area contributed by atoms with Crippen molar-refractivity contribution in [2.75, 3.05) is 6.61 Å². The molecule has 5 heteroatoms. The van der Waals surface area contributed by atoms with Crippen LogP contribution < -0.4 is 10.2 Å². The predicted octanol–water partition coefficient (Wildman–Crippen LogP) is 2.50. The fourth-order valence-corrected chi connectivity index (χ4v) is 1.83. The summed E-state index contributed by atoms with van der Waals surface area (Å²) in [5.41, 5.74) is 4.10. The van der Waals surface area contributed by atoms with Gasteiger partial charge in [0.1, 0.15) is 5.75 Å². The Hall–Kier alpha value is -2.84. The van der Waals surface area contributed by atoms with Gasteiger partial charge in [-0.2, -0.15) is 5.26 Å². The first-order valence-corrected chi connectivity index (χ1v) is 6.39.